The Bertz CT molecular complexity index is 560. The van der Waals surface area contributed by atoms with Gasteiger partial charge in [-0.15, -0.1) is 0 Å². The van der Waals surface area contributed by atoms with Gasteiger partial charge in [-0.1, -0.05) is 29.8 Å². The lowest BCUT2D eigenvalue weighted by molar-refractivity contribution is -0.122. The standard InChI is InChI=1S/C17H22N2O/c1-13(2)8-11-19-10-5-9-17(12-19)14-6-3-4-7-15(14)18-16(17)20/h3-4,6-8H,5,9-12H2,1-2H3,(H,18,20). The van der Waals surface area contributed by atoms with Crippen molar-refractivity contribution in [3.63, 3.8) is 0 Å². The zero-order chi connectivity index (χ0) is 14.2. The number of anilines is 1. The fraction of sp³-hybridized carbons (Fsp3) is 0.471. The summed E-state index contributed by atoms with van der Waals surface area (Å²) >= 11 is 0. The van der Waals surface area contributed by atoms with Gasteiger partial charge in [-0.2, -0.15) is 0 Å². The molecule has 0 bridgehead atoms. The molecule has 0 aliphatic carbocycles. The van der Waals surface area contributed by atoms with Gasteiger partial charge >= 0.3 is 0 Å². The first-order valence-electron chi connectivity index (χ1n) is 7.38. The number of piperidine rings is 1. The van der Waals surface area contributed by atoms with Gasteiger partial charge in [0.2, 0.25) is 5.91 Å². The number of fused-ring (bicyclic) bond motifs is 2. The average molecular weight is 270 g/mol. The van der Waals surface area contributed by atoms with E-state index in [1.54, 1.807) is 0 Å². The molecule has 1 atom stereocenters. The van der Waals surface area contributed by atoms with Crippen LogP contribution >= 0.6 is 0 Å². The van der Waals surface area contributed by atoms with Crippen LogP contribution in [0.15, 0.2) is 35.9 Å². The number of nitrogens with zero attached hydrogens (tertiary/aromatic N) is 1. The number of rotatable bonds is 2. The summed E-state index contributed by atoms with van der Waals surface area (Å²) in [5.74, 6) is 0.181. The summed E-state index contributed by atoms with van der Waals surface area (Å²) in [5, 5.41) is 3.06. The van der Waals surface area contributed by atoms with Gasteiger partial charge in [-0.25, -0.2) is 0 Å². The number of carbonyl (C=O) groups excluding carboxylic acids is 1. The molecule has 1 N–H and O–H groups in total. The molecule has 1 saturated heterocycles. The zero-order valence-electron chi connectivity index (χ0n) is 12.3. The number of amides is 1. The molecule has 1 spiro atoms. The first kappa shape index (κ1) is 13.4. The van der Waals surface area contributed by atoms with Gasteiger partial charge in [0.15, 0.2) is 0 Å². The third-order valence-electron chi connectivity index (χ3n) is 4.45. The van der Waals surface area contributed by atoms with E-state index in [9.17, 15) is 4.79 Å². The van der Waals surface area contributed by atoms with Crippen LogP contribution in [0.4, 0.5) is 5.69 Å². The second kappa shape index (κ2) is 5.06. The molecular formula is C17H22N2O. The Balaban J connectivity index is 1.88. The summed E-state index contributed by atoms with van der Waals surface area (Å²) in [6.07, 6.45) is 4.29. The van der Waals surface area contributed by atoms with Crippen molar-refractivity contribution >= 4 is 11.6 Å². The number of likely N-dealkylation sites (tertiary alicyclic amines) is 1. The van der Waals surface area contributed by atoms with Crippen molar-refractivity contribution in [3.05, 3.63) is 41.5 Å². The van der Waals surface area contributed by atoms with Crippen LogP contribution in [-0.4, -0.2) is 30.4 Å². The van der Waals surface area contributed by atoms with E-state index in [4.69, 9.17) is 0 Å². The maximum atomic E-state index is 12.5. The minimum absolute atomic E-state index is 0.181. The first-order valence-corrected chi connectivity index (χ1v) is 7.38. The molecule has 106 valence electrons. The Morgan fingerprint density at radius 2 is 2.20 bits per heavy atom. The molecule has 1 amide bonds. The predicted molar refractivity (Wildman–Crippen MR) is 81.9 cm³/mol. The van der Waals surface area contributed by atoms with E-state index >= 15 is 0 Å². The van der Waals surface area contributed by atoms with Crippen LogP contribution in [0.2, 0.25) is 0 Å². The second-order valence-corrected chi connectivity index (χ2v) is 6.20. The molecule has 0 radical (unpaired) electrons. The van der Waals surface area contributed by atoms with E-state index in [-0.39, 0.29) is 11.3 Å². The number of para-hydroxylation sites is 1. The molecule has 1 unspecified atom stereocenters. The molecule has 2 aliphatic rings. The highest BCUT2D eigenvalue weighted by Gasteiger charge is 2.48. The smallest absolute Gasteiger partial charge is 0.236 e. The third-order valence-corrected chi connectivity index (χ3v) is 4.45. The second-order valence-electron chi connectivity index (χ2n) is 6.20. The van der Waals surface area contributed by atoms with Gasteiger partial charge in [0, 0.05) is 18.8 Å². The number of benzene rings is 1. The molecule has 3 nitrogen and oxygen atoms in total. The monoisotopic (exact) mass is 270 g/mol. The Kier molecular flexibility index (Phi) is 3.38. The molecule has 1 aromatic carbocycles. The lowest BCUT2D eigenvalue weighted by atomic mass is 9.75. The van der Waals surface area contributed by atoms with E-state index in [2.05, 4.69) is 36.2 Å². The van der Waals surface area contributed by atoms with Crippen molar-refractivity contribution < 1.29 is 4.79 Å². The Hall–Kier alpha value is -1.61. The van der Waals surface area contributed by atoms with Gasteiger partial charge in [0.05, 0.1) is 5.41 Å². The average Bonchev–Trinajstić information content (AvgIpc) is 2.70. The lowest BCUT2D eigenvalue weighted by Gasteiger charge is -2.38. The first-order chi connectivity index (χ1) is 9.62. The largest absolute Gasteiger partial charge is 0.325 e. The van der Waals surface area contributed by atoms with Crippen LogP contribution in [0, 0.1) is 0 Å². The fourth-order valence-electron chi connectivity index (χ4n) is 3.39. The van der Waals surface area contributed by atoms with Crippen molar-refractivity contribution in [3.8, 4) is 0 Å². The van der Waals surface area contributed by atoms with E-state index in [0.717, 1.165) is 38.2 Å². The minimum Gasteiger partial charge on any atom is -0.325 e. The number of nitrogens with one attached hydrogen (secondary N) is 1. The van der Waals surface area contributed by atoms with Crippen LogP contribution in [0.3, 0.4) is 0 Å². The normalized spacial score (nSPS) is 25.4. The molecule has 20 heavy (non-hydrogen) atoms. The number of hydrogen-bond acceptors (Lipinski definition) is 2. The number of carbonyl (C=O) groups is 1. The quantitative estimate of drug-likeness (QED) is 0.838. The van der Waals surface area contributed by atoms with Gasteiger partial charge < -0.3 is 5.32 Å². The number of allylic oxidation sites excluding steroid dienone is 1. The zero-order valence-corrected chi connectivity index (χ0v) is 12.3. The van der Waals surface area contributed by atoms with Gasteiger partial charge in [-0.05, 0) is 44.9 Å². The molecular weight excluding hydrogens is 248 g/mol. The van der Waals surface area contributed by atoms with Crippen molar-refractivity contribution in [1.82, 2.24) is 4.90 Å². The summed E-state index contributed by atoms with van der Waals surface area (Å²) in [4.78, 5) is 14.9. The van der Waals surface area contributed by atoms with Crippen LogP contribution in [-0.2, 0) is 10.2 Å². The Labute approximate surface area is 120 Å². The molecule has 3 rings (SSSR count). The van der Waals surface area contributed by atoms with Crippen molar-refractivity contribution in [2.45, 2.75) is 32.1 Å². The summed E-state index contributed by atoms with van der Waals surface area (Å²) in [6.45, 7) is 7.11. The highest BCUT2D eigenvalue weighted by Crippen LogP contribution is 2.43. The SMILES string of the molecule is CC(C)=CCN1CCCC2(C1)C(=O)Nc1ccccc12. The highest BCUT2D eigenvalue weighted by atomic mass is 16.2. The van der Waals surface area contributed by atoms with Crippen LogP contribution in [0.5, 0.6) is 0 Å². The van der Waals surface area contributed by atoms with Crippen LogP contribution in [0.1, 0.15) is 32.3 Å². The van der Waals surface area contributed by atoms with E-state index in [0.29, 0.717) is 0 Å². The predicted octanol–water partition coefficient (Wildman–Crippen LogP) is 2.94. The molecule has 3 heteroatoms. The van der Waals surface area contributed by atoms with Gasteiger partial charge in [-0.3, -0.25) is 9.69 Å². The maximum Gasteiger partial charge on any atom is 0.236 e. The van der Waals surface area contributed by atoms with Crippen LogP contribution in [0.25, 0.3) is 0 Å². The minimum atomic E-state index is -0.329. The summed E-state index contributed by atoms with van der Waals surface area (Å²) in [6, 6.07) is 8.15. The molecule has 1 fully saturated rings. The fourth-order valence-corrected chi connectivity index (χ4v) is 3.39. The summed E-state index contributed by atoms with van der Waals surface area (Å²) in [5.41, 5.74) is 3.19. The molecule has 2 aliphatic heterocycles. The van der Waals surface area contributed by atoms with Gasteiger partial charge in [0.1, 0.15) is 0 Å². The maximum absolute atomic E-state index is 12.5. The molecule has 0 saturated carbocycles. The summed E-state index contributed by atoms with van der Waals surface area (Å²) < 4.78 is 0. The number of hydrogen-bond donors (Lipinski definition) is 1. The topological polar surface area (TPSA) is 32.3 Å². The molecule has 0 aromatic heterocycles. The van der Waals surface area contributed by atoms with Crippen molar-refractivity contribution in [1.29, 1.82) is 0 Å². The van der Waals surface area contributed by atoms with Gasteiger partial charge in [0.25, 0.3) is 0 Å². The van der Waals surface area contributed by atoms with E-state index in [1.165, 1.54) is 11.1 Å². The Morgan fingerprint density at radius 3 is 3.00 bits per heavy atom. The molecule has 1 aromatic rings. The van der Waals surface area contributed by atoms with E-state index in [1.807, 2.05) is 18.2 Å². The molecule has 2 heterocycles. The lowest BCUT2D eigenvalue weighted by Crippen LogP contribution is -2.50. The highest BCUT2D eigenvalue weighted by molar-refractivity contribution is 6.06. The summed E-state index contributed by atoms with van der Waals surface area (Å²) in [7, 11) is 0. The third kappa shape index (κ3) is 2.16. The van der Waals surface area contributed by atoms with E-state index < -0.39 is 0 Å². The van der Waals surface area contributed by atoms with Crippen molar-refractivity contribution in [2.75, 3.05) is 25.0 Å². The van der Waals surface area contributed by atoms with Crippen molar-refractivity contribution in [2.24, 2.45) is 0 Å². The van der Waals surface area contributed by atoms with Crippen LogP contribution < -0.4 is 5.32 Å². The Morgan fingerprint density at radius 1 is 1.40 bits per heavy atom.